The molecule has 1 heterocycles. The minimum absolute atomic E-state index is 0.255. The summed E-state index contributed by atoms with van der Waals surface area (Å²) >= 11 is 0. The van der Waals surface area contributed by atoms with Crippen molar-refractivity contribution in [3.05, 3.63) is 53.9 Å². The molecule has 0 amide bonds. The standard InChI is InChI=1S/C25H27NO3/c1-28-23-7-6-20(18-24(23)29-22-4-2-3-5-22)25(14-9-21(27)10-15-25)13-8-19-11-16-26-17-12-19/h6-7,11-12,16-18,22H,2-5,9-10,14-15H2,1H3. The highest BCUT2D eigenvalue weighted by atomic mass is 16.5. The number of hydrogen-bond acceptors (Lipinski definition) is 4. The summed E-state index contributed by atoms with van der Waals surface area (Å²) < 4.78 is 11.9. The number of pyridine rings is 1. The van der Waals surface area contributed by atoms with Gasteiger partial charge in [-0.1, -0.05) is 17.9 Å². The Hall–Kier alpha value is -2.80. The molecule has 0 spiro atoms. The quantitative estimate of drug-likeness (QED) is 0.702. The summed E-state index contributed by atoms with van der Waals surface area (Å²) in [6.07, 6.45) is 11.0. The Morgan fingerprint density at radius 2 is 1.76 bits per heavy atom. The fourth-order valence-corrected chi connectivity index (χ4v) is 4.32. The minimum atomic E-state index is -0.350. The van der Waals surface area contributed by atoms with Crippen LogP contribution in [0.25, 0.3) is 0 Å². The third-order valence-corrected chi connectivity index (χ3v) is 6.10. The third kappa shape index (κ3) is 4.45. The molecule has 2 aliphatic rings. The maximum Gasteiger partial charge on any atom is 0.161 e. The van der Waals surface area contributed by atoms with Crippen molar-refractivity contribution in [1.29, 1.82) is 0 Å². The Bertz CT molecular complexity index is 910. The van der Waals surface area contributed by atoms with Crippen molar-refractivity contribution >= 4 is 5.78 Å². The average Bonchev–Trinajstić information content (AvgIpc) is 3.27. The van der Waals surface area contributed by atoms with Crippen LogP contribution in [0.3, 0.4) is 0 Å². The molecular formula is C25H27NO3. The second kappa shape index (κ2) is 8.69. The number of nitrogens with zero attached hydrogens (tertiary/aromatic N) is 1. The summed E-state index contributed by atoms with van der Waals surface area (Å²) in [4.78, 5) is 16.0. The largest absolute Gasteiger partial charge is 0.493 e. The second-order valence-corrected chi connectivity index (χ2v) is 8.00. The van der Waals surface area contributed by atoms with E-state index in [1.165, 1.54) is 12.8 Å². The monoisotopic (exact) mass is 389 g/mol. The lowest BCUT2D eigenvalue weighted by atomic mass is 9.69. The van der Waals surface area contributed by atoms with Crippen molar-refractivity contribution in [2.24, 2.45) is 0 Å². The number of rotatable bonds is 4. The third-order valence-electron chi connectivity index (χ3n) is 6.10. The van der Waals surface area contributed by atoms with Crippen molar-refractivity contribution in [2.75, 3.05) is 7.11 Å². The molecule has 2 saturated carbocycles. The zero-order valence-corrected chi connectivity index (χ0v) is 16.9. The molecule has 4 heteroatoms. The number of carbonyl (C=O) groups excluding carboxylic acids is 1. The molecule has 1 aromatic carbocycles. The first-order valence-electron chi connectivity index (χ1n) is 10.5. The SMILES string of the molecule is COc1ccc(C2(C#Cc3ccncc3)CCC(=O)CC2)cc1OC1CCCC1. The summed E-state index contributed by atoms with van der Waals surface area (Å²) in [5.41, 5.74) is 1.70. The summed E-state index contributed by atoms with van der Waals surface area (Å²) in [5.74, 6) is 8.70. The van der Waals surface area contributed by atoms with Crippen molar-refractivity contribution in [1.82, 2.24) is 4.98 Å². The number of carbonyl (C=O) groups is 1. The molecule has 29 heavy (non-hydrogen) atoms. The number of Topliss-reactive ketones (excluding diaryl/α,β-unsaturated/α-hetero) is 1. The summed E-state index contributed by atoms with van der Waals surface area (Å²) in [6.45, 7) is 0. The van der Waals surface area contributed by atoms with Crippen LogP contribution in [0.5, 0.6) is 11.5 Å². The zero-order chi connectivity index (χ0) is 20.1. The number of aromatic nitrogens is 1. The molecule has 0 N–H and O–H groups in total. The molecule has 2 fully saturated rings. The highest BCUT2D eigenvalue weighted by molar-refractivity contribution is 5.80. The maximum atomic E-state index is 12.0. The van der Waals surface area contributed by atoms with Crippen molar-refractivity contribution in [3.63, 3.8) is 0 Å². The first-order valence-corrected chi connectivity index (χ1v) is 10.5. The van der Waals surface area contributed by atoms with Gasteiger partial charge in [0.1, 0.15) is 5.78 Å². The van der Waals surface area contributed by atoms with Crippen LogP contribution in [0.4, 0.5) is 0 Å². The van der Waals surface area contributed by atoms with Gasteiger partial charge in [0.05, 0.1) is 18.6 Å². The van der Waals surface area contributed by atoms with Gasteiger partial charge >= 0.3 is 0 Å². The Balaban J connectivity index is 1.70. The number of methoxy groups -OCH3 is 1. The van der Waals surface area contributed by atoms with Gasteiger partial charge in [-0.2, -0.15) is 0 Å². The normalized spacial score (nSPS) is 18.7. The summed E-state index contributed by atoms with van der Waals surface area (Å²) in [5, 5.41) is 0. The molecule has 1 aromatic heterocycles. The van der Waals surface area contributed by atoms with Crippen LogP contribution >= 0.6 is 0 Å². The first kappa shape index (κ1) is 19.5. The molecule has 0 unspecified atom stereocenters. The fraction of sp³-hybridized carbons (Fsp3) is 0.440. The Kier molecular flexibility index (Phi) is 5.85. The molecule has 4 nitrogen and oxygen atoms in total. The number of benzene rings is 1. The second-order valence-electron chi connectivity index (χ2n) is 8.00. The molecule has 0 aliphatic heterocycles. The highest BCUT2D eigenvalue weighted by Crippen LogP contribution is 2.42. The Morgan fingerprint density at radius 1 is 1.03 bits per heavy atom. The smallest absolute Gasteiger partial charge is 0.161 e. The molecule has 2 aliphatic carbocycles. The predicted molar refractivity (Wildman–Crippen MR) is 112 cm³/mol. The van der Waals surface area contributed by atoms with Gasteiger partial charge in [-0.25, -0.2) is 0 Å². The van der Waals surface area contributed by atoms with Gasteiger partial charge in [0.25, 0.3) is 0 Å². The molecule has 0 bridgehead atoms. The molecule has 150 valence electrons. The molecule has 0 atom stereocenters. The molecule has 2 aromatic rings. The van der Waals surface area contributed by atoms with Gasteiger partial charge in [-0.05, 0) is 68.4 Å². The Morgan fingerprint density at radius 3 is 2.45 bits per heavy atom. The number of ether oxygens (including phenoxy) is 2. The van der Waals surface area contributed by atoms with Gasteiger partial charge in [0, 0.05) is 30.8 Å². The van der Waals surface area contributed by atoms with Crippen LogP contribution in [0.2, 0.25) is 0 Å². The fourth-order valence-electron chi connectivity index (χ4n) is 4.32. The molecular weight excluding hydrogens is 362 g/mol. The summed E-state index contributed by atoms with van der Waals surface area (Å²) in [7, 11) is 1.68. The van der Waals surface area contributed by atoms with E-state index in [0.717, 1.165) is 48.3 Å². The average molecular weight is 389 g/mol. The van der Waals surface area contributed by atoms with E-state index in [1.807, 2.05) is 18.2 Å². The van der Waals surface area contributed by atoms with E-state index in [4.69, 9.17) is 9.47 Å². The molecule has 0 radical (unpaired) electrons. The van der Waals surface area contributed by atoms with Crippen molar-refractivity contribution < 1.29 is 14.3 Å². The number of ketones is 1. The van der Waals surface area contributed by atoms with E-state index in [9.17, 15) is 4.79 Å². The van der Waals surface area contributed by atoms with Crippen LogP contribution in [0.1, 0.15) is 62.5 Å². The van der Waals surface area contributed by atoms with Gasteiger partial charge in [-0.3, -0.25) is 9.78 Å². The van der Waals surface area contributed by atoms with Gasteiger partial charge in [-0.15, -0.1) is 0 Å². The molecule has 4 rings (SSSR count). The lowest BCUT2D eigenvalue weighted by Crippen LogP contribution is -2.30. The van der Waals surface area contributed by atoms with Gasteiger partial charge in [0.15, 0.2) is 11.5 Å². The minimum Gasteiger partial charge on any atom is -0.493 e. The predicted octanol–water partition coefficient (Wildman–Crippen LogP) is 4.84. The van der Waals surface area contributed by atoms with Gasteiger partial charge in [0.2, 0.25) is 0 Å². The highest BCUT2D eigenvalue weighted by Gasteiger charge is 2.36. The summed E-state index contributed by atoms with van der Waals surface area (Å²) in [6, 6.07) is 9.98. The van der Waals surface area contributed by atoms with E-state index in [0.29, 0.717) is 18.6 Å². The van der Waals surface area contributed by atoms with Crippen molar-refractivity contribution in [3.8, 4) is 23.3 Å². The lowest BCUT2D eigenvalue weighted by Gasteiger charge is -2.33. The van der Waals surface area contributed by atoms with E-state index >= 15 is 0 Å². The molecule has 0 saturated heterocycles. The van der Waals surface area contributed by atoms with Crippen molar-refractivity contribution in [2.45, 2.75) is 62.9 Å². The lowest BCUT2D eigenvalue weighted by molar-refractivity contribution is -0.120. The number of hydrogen-bond donors (Lipinski definition) is 0. The van der Waals surface area contributed by atoms with Gasteiger partial charge < -0.3 is 9.47 Å². The van der Waals surface area contributed by atoms with Crippen LogP contribution in [-0.4, -0.2) is 24.0 Å². The van der Waals surface area contributed by atoms with Crippen LogP contribution < -0.4 is 9.47 Å². The van der Waals surface area contributed by atoms with E-state index in [1.54, 1.807) is 19.5 Å². The maximum absolute atomic E-state index is 12.0. The Labute approximate surface area is 172 Å². The van der Waals surface area contributed by atoms with E-state index in [2.05, 4.69) is 29.0 Å². The van der Waals surface area contributed by atoms with E-state index < -0.39 is 0 Å². The topological polar surface area (TPSA) is 48.4 Å². The van der Waals surface area contributed by atoms with E-state index in [-0.39, 0.29) is 11.5 Å². The van der Waals surface area contributed by atoms with Crippen LogP contribution in [0.15, 0.2) is 42.7 Å². The van der Waals surface area contributed by atoms with Crippen LogP contribution in [0, 0.1) is 11.8 Å². The van der Waals surface area contributed by atoms with Crippen LogP contribution in [-0.2, 0) is 10.2 Å². The zero-order valence-electron chi connectivity index (χ0n) is 16.9. The first-order chi connectivity index (χ1) is 14.2.